The van der Waals surface area contributed by atoms with Crippen molar-refractivity contribution in [3.63, 3.8) is 0 Å². The van der Waals surface area contributed by atoms with Gasteiger partial charge >= 0.3 is 125 Å². The van der Waals surface area contributed by atoms with E-state index in [0.29, 0.717) is 0 Å². The van der Waals surface area contributed by atoms with E-state index in [0.717, 1.165) is 0 Å². The minimum absolute atomic E-state index is 0.0815. The second-order valence-corrected chi connectivity index (χ2v) is 13.3. The van der Waals surface area contributed by atoms with Crippen LogP contribution in [0.2, 0.25) is 0 Å². The maximum absolute atomic E-state index is 6.39. The standard InChI is InChI=1S/C15H23AsCl2/c1-10-8-11(14(2,3)4)13(16(17)18)12(9-10)15(5,6)7/h8-9H,1-7H3. The van der Waals surface area contributed by atoms with Crippen LogP contribution in [0.15, 0.2) is 12.1 Å². The molecule has 0 aliphatic carbocycles. The molecule has 0 spiro atoms. The summed E-state index contributed by atoms with van der Waals surface area (Å²) >= 11 is -1.95. The zero-order valence-electron chi connectivity index (χ0n) is 12.4. The van der Waals surface area contributed by atoms with Crippen molar-refractivity contribution in [2.75, 3.05) is 0 Å². The summed E-state index contributed by atoms with van der Waals surface area (Å²) < 4.78 is 1.23. The third kappa shape index (κ3) is 3.69. The molecule has 0 heterocycles. The Morgan fingerprint density at radius 1 is 0.833 bits per heavy atom. The molecule has 0 atom stereocenters. The van der Waals surface area contributed by atoms with Crippen molar-refractivity contribution in [3.8, 4) is 0 Å². The molecule has 1 aromatic carbocycles. The van der Waals surface area contributed by atoms with Crippen LogP contribution in [0.25, 0.3) is 0 Å². The molecule has 0 nitrogen and oxygen atoms in total. The molecule has 0 amide bonds. The molecule has 0 N–H and O–H groups in total. The zero-order chi connectivity index (χ0) is 14.3. The van der Waals surface area contributed by atoms with Crippen molar-refractivity contribution in [1.82, 2.24) is 0 Å². The van der Waals surface area contributed by atoms with E-state index >= 15 is 0 Å². The zero-order valence-corrected chi connectivity index (χ0v) is 15.7. The Balaban J connectivity index is 3.68. The molecule has 0 aliphatic rings. The number of halogens is 2. The van der Waals surface area contributed by atoms with Gasteiger partial charge < -0.3 is 0 Å². The maximum atomic E-state index is 6.39. The van der Waals surface area contributed by atoms with Gasteiger partial charge in [0.25, 0.3) is 0 Å². The predicted molar refractivity (Wildman–Crippen MR) is 85.7 cm³/mol. The van der Waals surface area contributed by atoms with Gasteiger partial charge in [-0.15, -0.1) is 0 Å². The first-order chi connectivity index (χ1) is 7.94. The van der Waals surface area contributed by atoms with Crippen LogP contribution in [0, 0.1) is 6.92 Å². The first-order valence-electron chi connectivity index (χ1n) is 6.22. The summed E-state index contributed by atoms with van der Waals surface area (Å²) in [5.74, 6) is 0. The normalized spacial score (nSPS) is 13.2. The summed E-state index contributed by atoms with van der Waals surface area (Å²) in [5.41, 5.74) is 4.09. The fraction of sp³-hybridized carbons (Fsp3) is 0.600. The SMILES string of the molecule is Cc1cc(C(C)(C)C)c([As](Cl)Cl)c(C(C)(C)C)c1. The molecule has 0 saturated carbocycles. The summed E-state index contributed by atoms with van der Waals surface area (Å²) in [5, 5.41) is 0. The number of hydrogen-bond donors (Lipinski definition) is 0. The van der Waals surface area contributed by atoms with Crippen molar-refractivity contribution >= 4 is 37.0 Å². The Morgan fingerprint density at radius 3 is 1.39 bits per heavy atom. The Kier molecular flexibility index (Phi) is 4.91. The monoisotopic (exact) mass is 348 g/mol. The summed E-state index contributed by atoms with van der Waals surface area (Å²) in [4.78, 5) is 0. The van der Waals surface area contributed by atoms with E-state index in [4.69, 9.17) is 19.9 Å². The van der Waals surface area contributed by atoms with E-state index in [9.17, 15) is 0 Å². The first-order valence-corrected chi connectivity index (χ1v) is 12.1. The average Bonchev–Trinajstić information content (AvgIpc) is 2.12. The molecule has 0 aliphatic heterocycles. The van der Waals surface area contributed by atoms with Gasteiger partial charge in [0.15, 0.2) is 0 Å². The van der Waals surface area contributed by atoms with Crippen LogP contribution < -0.4 is 4.35 Å². The van der Waals surface area contributed by atoms with Gasteiger partial charge in [0.05, 0.1) is 0 Å². The van der Waals surface area contributed by atoms with Crippen molar-refractivity contribution in [1.29, 1.82) is 0 Å². The third-order valence-corrected chi connectivity index (χ3v) is 6.52. The second-order valence-electron chi connectivity index (χ2n) is 6.94. The van der Waals surface area contributed by atoms with Crippen LogP contribution in [0.3, 0.4) is 0 Å². The van der Waals surface area contributed by atoms with Crippen LogP contribution in [-0.2, 0) is 10.8 Å². The summed E-state index contributed by atoms with van der Waals surface area (Å²) in [6.45, 7) is 15.5. The number of benzene rings is 1. The molecule has 3 heteroatoms. The molecular weight excluding hydrogens is 326 g/mol. The molecule has 1 rings (SSSR count). The molecule has 18 heavy (non-hydrogen) atoms. The Bertz CT molecular complexity index is 402. The van der Waals surface area contributed by atoms with Gasteiger partial charge in [0.1, 0.15) is 0 Å². The average molecular weight is 349 g/mol. The van der Waals surface area contributed by atoms with Crippen molar-refractivity contribution in [3.05, 3.63) is 28.8 Å². The van der Waals surface area contributed by atoms with Crippen molar-refractivity contribution < 1.29 is 0 Å². The van der Waals surface area contributed by atoms with Gasteiger partial charge in [-0.2, -0.15) is 0 Å². The Hall–Kier alpha value is 0.358. The number of aryl methyl sites for hydroxylation is 1. The van der Waals surface area contributed by atoms with E-state index in [2.05, 4.69) is 60.6 Å². The van der Waals surface area contributed by atoms with Crippen LogP contribution in [0.5, 0.6) is 0 Å². The quantitative estimate of drug-likeness (QED) is 0.641. The third-order valence-electron chi connectivity index (χ3n) is 3.04. The van der Waals surface area contributed by atoms with Gasteiger partial charge in [0.2, 0.25) is 0 Å². The van der Waals surface area contributed by atoms with Crippen molar-refractivity contribution in [2.45, 2.75) is 59.3 Å². The molecule has 102 valence electrons. The number of hydrogen-bond acceptors (Lipinski definition) is 0. The molecule has 1 aromatic rings. The molecule has 0 aromatic heterocycles. The van der Waals surface area contributed by atoms with Crippen LogP contribution in [0.4, 0.5) is 0 Å². The Labute approximate surface area is 125 Å². The van der Waals surface area contributed by atoms with Crippen LogP contribution in [-0.4, -0.2) is 12.8 Å². The molecule has 0 saturated heterocycles. The predicted octanol–water partition coefficient (Wildman–Crippen LogP) is 4.76. The molecule has 0 bridgehead atoms. The van der Waals surface area contributed by atoms with E-state index in [-0.39, 0.29) is 10.8 Å². The van der Waals surface area contributed by atoms with E-state index in [1.807, 2.05) is 0 Å². The molecular formula is C15H23AsCl2. The summed E-state index contributed by atoms with van der Waals surface area (Å²) in [7, 11) is 12.8. The fourth-order valence-electron chi connectivity index (χ4n) is 2.10. The van der Waals surface area contributed by atoms with E-state index in [1.165, 1.54) is 21.0 Å². The van der Waals surface area contributed by atoms with Crippen LogP contribution >= 0.6 is 19.9 Å². The number of rotatable bonds is 1. The van der Waals surface area contributed by atoms with Gasteiger partial charge in [-0.3, -0.25) is 0 Å². The van der Waals surface area contributed by atoms with Crippen LogP contribution in [0.1, 0.15) is 58.2 Å². The Morgan fingerprint density at radius 2 is 1.17 bits per heavy atom. The summed E-state index contributed by atoms with van der Waals surface area (Å²) in [6, 6.07) is 4.49. The van der Waals surface area contributed by atoms with E-state index in [1.54, 1.807) is 0 Å². The minimum atomic E-state index is -1.95. The molecule has 0 unspecified atom stereocenters. The van der Waals surface area contributed by atoms with Gasteiger partial charge in [-0.25, -0.2) is 0 Å². The van der Waals surface area contributed by atoms with Gasteiger partial charge in [-0.1, -0.05) is 0 Å². The van der Waals surface area contributed by atoms with Gasteiger partial charge in [0, 0.05) is 0 Å². The molecule has 0 fully saturated rings. The first kappa shape index (κ1) is 16.4. The fourth-order valence-corrected chi connectivity index (χ4v) is 6.44. The summed E-state index contributed by atoms with van der Waals surface area (Å²) in [6.07, 6.45) is 0. The van der Waals surface area contributed by atoms with Gasteiger partial charge in [-0.05, 0) is 0 Å². The molecule has 0 radical (unpaired) electrons. The second kappa shape index (κ2) is 5.39. The topological polar surface area (TPSA) is 0 Å². The van der Waals surface area contributed by atoms with Crippen molar-refractivity contribution in [2.24, 2.45) is 0 Å². The van der Waals surface area contributed by atoms with E-state index < -0.39 is 12.8 Å².